The zero-order valence-corrected chi connectivity index (χ0v) is 10.5. The Morgan fingerprint density at radius 2 is 2.10 bits per heavy atom. The van der Waals surface area contributed by atoms with Crippen LogP contribution in [0.2, 0.25) is 0 Å². The number of carbonyl (C=O) groups excluding carboxylic acids is 1. The predicted octanol–water partition coefficient (Wildman–Crippen LogP) is 1.90. The van der Waals surface area contributed by atoms with Crippen molar-refractivity contribution in [3.05, 3.63) is 34.6 Å². The van der Waals surface area contributed by atoms with Gasteiger partial charge in [-0.15, -0.1) is 0 Å². The van der Waals surface area contributed by atoms with E-state index in [9.17, 15) is 23.1 Å². The van der Waals surface area contributed by atoms with Gasteiger partial charge in [-0.3, -0.25) is 4.79 Å². The highest BCUT2D eigenvalue weighted by atomic mass is 19.2. The lowest BCUT2D eigenvalue weighted by Gasteiger charge is -2.28. The second kappa shape index (κ2) is 5.13. The molecule has 1 heterocycles. The Kier molecular flexibility index (Phi) is 3.68. The van der Waals surface area contributed by atoms with Crippen LogP contribution in [0.4, 0.5) is 13.2 Å². The first kappa shape index (κ1) is 14.3. The van der Waals surface area contributed by atoms with Gasteiger partial charge in [-0.1, -0.05) is 6.92 Å². The van der Waals surface area contributed by atoms with Crippen LogP contribution in [-0.2, 0) is 0 Å². The molecular weight excluding hydrogens is 273 g/mol. The molecule has 1 aromatic rings. The Balaban J connectivity index is 2.64. The molecule has 0 bridgehead atoms. The summed E-state index contributed by atoms with van der Waals surface area (Å²) in [6.07, 6.45) is 0.320. The smallest absolute Gasteiger partial charge is 0.259 e. The standard InChI is InChI=1S/C13H11F3N2O2/c1-2-6(5-19)18-9(4-17)7-3-8(14)11(15)12(16)10(7)13(18)20/h3,6,9,19H,2,5H2,1H3. The molecule has 7 heteroatoms. The van der Waals surface area contributed by atoms with Crippen LogP contribution in [0.15, 0.2) is 6.07 Å². The van der Waals surface area contributed by atoms with Crippen LogP contribution in [0, 0.1) is 28.8 Å². The van der Waals surface area contributed by atoms with Crippen LogP contribution in [0.3, 0.4) is 0 Å². The zero-order chi connectivity index (χ0) is 15.0. The van der Waals surface area contributed by atoms with Gasteiger partial charge in [0.25, 0.3) is 5.91 Å². The molecule has 0 fully saturated rings. The van der Waals surface area contributed by atoms with Crippen LogP contribution >= 0.6 is 0 Å². The van der Waals surface area contributed by atoms with E-state index < -0.39 is 47.6 Å². The number of halogens is 3. The Labute approximate surface area is 113 Å². The van der Waals surface area contributed by atoms with Gasteiger partial charge >= 0.3 is 0 Å². The third-order valence-electron chi connectivity index (χ3n) is 3.41. The number of nitriles is 1. The number of hydrogen-bond acceptors (Lipinski definition) is 3. The van der Waals surface area contributed by atoms with Gasteiger partial charge in [0.15, 0.2) is 17.5 Å². The minimum atomic E-state index is -1.74. The van der Waals surface area contributed by atoms with E-state index in [2.05, 4.69) is 0 Å². The molecule has 1 N–H and O–H groups in total. The lowest BCUT2D eigenvalue weighted by Crippen LogP contribution is -2.40. The molecule has 0 aliphatic carbocycles. The SMILES string of the molecule is CCC(CO)N1C(=O)c2c(cc(F)c(F)c2F)C1C#N. The maximum absolute atomic E-state index is 13.7. The average molecular weight is 284 g/mol. The van der Waals surface area contributed by atoms with Crippen molar-refractivity contribution in [1.29, 1.82) is 5.26 Å². The summed E-state index contributed by atoms with van der Waals surface area (Å²) in [5.74, 6) is -5.70. The fourth-order valence-electron chi connectivity index (χ4n) is 2.36. The van der Waals surface area contributed by atoms with E-state index in [1.165, 1.54) is 0 Å². The van der Waals surface area contributed by atoms with Crippen LogP contribution in [0.5, 0.6) is 0 Å². The largest absolute Gasteiger partial charge is 0.394 e. The Morgan fingerprint density at radius 1 is 1.45 bits per heavy atom. The summed E-state index contributed by atoms with van der Waals surface area (Å²) < 4.78 is 40.2. The predicted molar refractivity (Wildman–Crippen MR) is 62.0 cm³/mol. The molecule has 1 aliphatic rings. The van der Waals surface area contributed by atoms with Gasteiger partial charge in [0.2, 0.25) is 0 Å². The van der Waals surface area contributed by atoms with Gasteiger partial charge in [0.1, 0.15) is 6.04 Å². The van der Waals surface area contributed by atoms with Crippen molar-refractivity contribution in [3.63, 3.8) is 0 Å². The number of nitrogens with zero attached hydrogens (tertiary/aromatic N) is 2. The monoisotopic (exact) mass is 284 g/mol. The Hall–Kier alpha value is -2.07. The summed E-state index contributed by atoms with van der Waals surface area (Å²) >= 11 is 0. The van der Waals surface area contributed by atoms with Crippen LogP contribution in [0.25, 0.3) is 0 Å². The van der Waals surface area contributed by atoms with Gasteiger partial charge in [-0.05, 0) is 12.5 Å². The molecule has 2 atom stereocenters. The summed E-state index contributed by atoms with van der Waals surface area (Å²) in [5, 5.41) is 18.4. The number of fused-ring (bicyclic) bond motifs is 1. The molecule has 1 aromatic carbocycles. The molecule has 4 nitrogen and oxygen atoms in total. The van der Waals surface area contributed by atoms with E-state index in [0.29, 0.717) is 12.5 Å². The first-order valence-electron chi connectivity index (χ1n) is 5.98. The van der Waals surface area contributed by atoms with Gasteiger partial charge in [-0.25, -0.2) is 13.2 Å². The van der Waals surface area contributed by atoms with Gasteiger partial charge in [0, 0.05) is 5.56 Å². The van der Waals surface area contributed by atoms with E-state index in [4.69, 9.17) is 5.26 Å². The second-order valence-corrected chi connectivity index (χ2v) is 4.44. The average Bonchev–Trinajstić information content (AvgIpc) is 2.70. The third kappa shape index (κ3) is 1.84. The van der Waals surface area contributed by atoms with Crippen molar-refractivity contribution in [2.75, 3.05) is 6.61 Å². The molecule has 2 unspecified atom stereocenters. The van der Waals surface area contributed by atoms with Crippen LogP contribution in [0.1, 0.15) is 35.3 Å². The van der Waals surface area contributed by atoms with E-state index in [-0.39, 0.29) is 5.56 Å². The summed E-state index contributed by atoms with van der Waals surface area (Å²) in [6, 6.07) is 0.464. The van der Waals surface area contributed by atoms with Crippen molar-refractivity contribution in [3.8, 4) is 6.07 Å². The van der Waals surface area contributed by atoms with E-state index in [0.717, 1.165) is 4.90 Å². The van der Waals surface area contributed by atoms with Crippen LogP contribution in [-0.4, -0.2) is 28.6 Å². The zero-order valence-electron chi connectivity index (χ0n) is 10.5. The summed E-state index contributed by atoms with van der Waals surface area (Å²) in [7, 11) is 0. The number of amides is 1. The minimum Gasteiger partial charge on any atom is -0.394 e. The highest BCUT2D eigenvalue weighted by Crippen LogP contribution is 2.38. The van der Waals surface area contributed by atoms with Crippen LogP contribution < -0.4 is 0 Å². The summed E-state index contributed by atoms with van der Waals surface area (Å²) in [4.78, 5) is 13.1. The number of carbonyl (C=O) groups is 1. The number of benzene rings is 1. The lowest BCUT2D eigenvalue weighted by molar-refractivity contribution is 0.0569. The van der Waals surface area contributed by atoms with E-state index in [1.54, 1.807) is 13.0 Å². The number of aliphatic hydroxyl groups excluding tert-OH is 1. The molecule has 0 aromatic heterocycles. The van der Waals surface area contributed by atoms with E-state index in [1.807, 2.05) is 0 Å². The molecule has 1 aliphatic heterocycles. The second-order valence-electron chi connectivity index (χ2n) is 4.44. The third-order valence-corrected chi connectivity index (χ3v) is 3.41. The van der Waals surface area contributed by atoms with E-state index >= 15 is 0 Å². The van der Waals surface area contributed by atoms with Gasteiger partial charge < -0.3 is 10.0 Å². The Morgan fingerprint density at radius 3 is 2.60 bits per heavy atom. The quantitative estimate of drug-likeness (QED) is 0.862. The molecule has 1 amide bonds. The van der Waals surface area contributed by atoms with Crippen molar-refractivity contribution < 1.29 is 23.1 Å². The normalized spacial score (nSPS) is 18.9. The fourth-order valence-corrected chi connectivity index (χ4v) is 2.36. The van der Waals surface area contributed by atoms with Crippen molar-refractivity contribution in [1.82, 2.24) is 4.90 Å². The van der Waals surface area contributed by atoms with Gasteiger partial charge in [0.05, 0.1) is 24.3 Å². The molecular formula is C13H11F3N2O2. The topological polar surface area (TPSA) is 64.3 Å². The molecule has 0 saturated carbocycles. The molecule has 0 radical (unpaired) electrons. The lowest BCUT2D eigenvalue weighted by atomic mass is 10.0. The first-order valence-corrected chi connectivity index (χ1v) is 5.98. The number of aliphatic hydroxyl groups is 1. The van der Waals surface area contributed by atoms with Crippen molar-refractivity contribution >= 4 is 5.91 Å². The summed E-state index contributed by atoms with van der Waals surface area (Å²) in [6.45, 7) is 1.24. The Bertz CT molecular complexity index is 609. The molecule has 0 saturated heterocycles. The summed E-state index contributed by atoms with van der Waals surface area (Å²) in [5.41, 5.74) is -0.844. The number of hydrogen-bond donors (Lipinski definition) is 1. The highest BCUT2D eigenvalue weighted by Gasteiger charge is 2.43. The maximum Gasteiger partial charge on any atom is 0.259 e. The first-order chi connectivity index (χ1) is 9.47. The molecule has 20 heavy (non-hydrogen) atoms. The number of rotatable bonds is 3. The maximum atomic E-state index is 13.7. The molecule has 0 spiro atoms. The fraction of sp³-hybridized carbons (Fsp3) is 0.385. The van der Waals surface area contributed by atoms with Gasteiger partial charge in [-0.2, -0.15) is 5.26 Å². The molecule has 2 rings (SSSR count). The highest BCUT2D eigenvalue weighted by molar-refractivity contribution is 6.00. The molecule has 106 valence electrons. The van der Waals surface area contributed by atoms with Crippen molar-refractivity contribution in [2.24, 2.45) is 0 Å². The minimum absolute atomic E-state index is 0.208. The van der Waals surface area contributed by atoms with Crippen molar-refractivity contribution in [2.45, 2.75) is 25.4 Å².